The molecule has 3 rings (SSSR count). The van der Waals surface area contributed by atoms with Crippen LogP contribution in [-0.4, -0.2) is 37.2 Å². The molecule has 0 radical (unpaired) electrons. The smallest absolute Gasteiger partial charge is 0.245 e. The molecule has 5 heteroatoms. The molecule has 0 spiro atoms. The lowest BCUT2D eigenvalue weighted by atomic mass is 9.54. The Labute approximate surface area is 157 Å². The van der Waals surface area contributed by atoms with Gasteiger partial charge in [0.2, 0.25) is 5.91 Å². The molecule has 1 amide bonds. The first-order valence-electron chi connectivity index (χ1n) is 9.95. The Kier molecular flexibility index (Phi) is 5.58. The summed E-state index contributed by atoms with van der Waals surface area (Å²) in [5.74, 6) is -0.119. The molecule has 1 heterocycles. The van der Waals surface area contributed by atoms with Crippen LogP contribution in [0.1, 0.15) is 52.9 Å². The second-order valence-corrected chi connectivity index (χ2v) is 8.25. The maximum absolute atomic E-state index is 12.9. The third kappa shape index (κ3) is 3.47. The van der Waals surface area contributed by atoms with Crippen molar-refractivity contribution in [2.75, 3.05) is 29.9 Å². The second kappa shape index (κ2) is 7.57. The van der Waals surface area contributed by atoms with E-state index in [0.29, 0.717) is 13.0 Å². The first-order valence-corrected chi connectivity index (χ1v) is 9.95. The number of hydrogen-bond donors (Lipinski definition) is 2. The number of benzene rings is 1. The zero-order valence-electron chi connectivity index (χ0n) is 16.4. The summed E-state index contributed by atoms with van der Waals surface area (Å²) in [6, 6.07) is 8.14. The van der Waals surface area contributed by atoms with Crippen LogP contribution in [0.5, 0.6) is 0 Å². The molecule has 3 N–H and O–H groups in total. The van der Waals surface area contributed by atoms with Gasteiger partial charge in [-0.2, -0.15) is 0 Å². The first-order chi connectivity index (χ1) is 12.4. The standard InChI is InChI=1S/C21H33N3O2/c1-4-26-18-15-21(22,20(18,2)3)19(25)23-16-10-9-11-17(14-16)24-12-7-5-6-8-13-24/h9-11,14,18H,4-8,12-13,15,22H2,1-3H3,(H,23,25). The fraction of sp³-hybridized carbons (Fsp3) is 0.667. The summed E-state index contributed by atoms with van der Waals surface area (Å²) < 4.78 is 5.73. The van der Waals surface area contributed by atoms with Gasteiger partial charge in [0.15, 0.2) is 0 Å². The minimum Gasteiger partial charge on any atom is -0.378 e. The summed E-state index contributed by atoms with van der Waals surface area (Å²) >= 11 is 0. The average Bonchev–Trinajstić information content (AvgIpc) is 2.91. The quantitative estimate of drug-likeness (QED) is 0.844. The number of ether oxygens (including phenoxy) is 1. The fourth-order valence-electron chi connectivity index (χ4n) is 4.17. The zero-order valence-corrected chi connectivity index (χ0v) is 16.4. The highest BCUT2D eigenvalue weighted by Crippen LogP contribution is 2.50. The van der Waals surface area contributed by atoms with E-state index in [1.165, 1.54) is 31.4 Å². The molecule has 144 valence electrons. The number of rotatable bonds is 5. The van der Waals surface area contributed by atoms with E-state index in [-0.39, 0.29) is 17.4 Å². The normalized spacial score (nSPS) is 28.2. The molecular formula is C21H33N3O2. The maximum atomic E-state index is 12.9. The van der Waals surface area contributed by atoms with Crippen LogP contribution < -0.4 is 16.0 Å². The van der Waals surface area contributed by atoms with Crippen LogP contribution in [0.15, 0.2) is 24.3 Å². The highest BCUT2D eigenvalue weighted by molar-refractivity contribution is 6.00. The third-order valence-corrected chi connectivity index (χ3v) is 6.31. The van der Waals surface area contributed by atoms with Crippen LogP contribution in [0.4, 0.5) is 11.4 Å². The Bertz CT molecular complexity index is 638. The van der Waals surface area contributed by atoms with Gasteiger partial charge in [0, 0.05) is 42.9 Å². The van der Waals surface area contributed by atoms with E-state index >= 15 is 0 Å². The van der Waals surface area contributed by atoms with Crippen molar-refractivity contribution >= 4 is 17.3 Å². The van der Waals surface area contributed by atoms with Crippen molar-refractivity contribution in [1.29, 1.82) is 0 Å². The minimum atomic E-state index is -0.897. The number of anilines is 2. The summed E-state index contributed by atoms with van der Waals surface area (Å²) in [7, 11) is 0. The van der Waals surface area contributed by atoms with Gasteiger partial charge in [-0.25, -0.2) is 0 Å². The molecule has 0 bridgehead atoms. The van der Waals surface area contributed by atoms with E-state index in [9.17, 15) is 4.79 Å². The Morgan fingerprint density at radius 3 is 2.58 bits per heavy atom. The molecule has 2 unspecified atom stereocenters. The number of nitrogens with two attached hydrogens (primary N) is 1. The molecule has 1 aliphatic heterocycles. The van der Waals surface area contributed by atoms with Gasteiger partial charge in [0.25, 0.3) is 0 Å². The summed E-state index contributed by atoms with van der Waals surface area (Å²) in [6.07, 6.45) is 5.67. The number of nitrogens with zero attached hydrogens (tertiary/aromatic N) is 1. The van der Waals surface area contributed by atoms with Gasteiger partial charge in [0.05, 0.1) is 6.10 Å². The predicted octanol–water partition coefficient (Wildman–Crippen LogP) is 3.54. The lowest BCUT2D eigenvalue weighted by molar-refractivity contribution is -0.166. The van der Waals surface area contributed by atoms with E-state index in [2.05, 4.69) is 22.3 Å². The largest absolute Gasteiger partial charge is 0.378 e. The molecule has 5 nitrogen and oxygen atoms in total. The molecular weight excluding hydrogens is 326 g/mol. The van der Waals surface area contributed by atoms with Gasteiger partial charge in [-0.1, -0.05) is 32.8 Å². The summed E-state index contributed by atoms with van der Waals surface area (Å²) in [5, 5.41) is 3.05. The SMILES string of the molecule is CCOC1CC(N)(C(=O)Nc2cccc(N3CCCCCC3)c2)C1(C)C. The zero-order chi connectivity index (χ0) is 18.8. The molecule has 1 aliphatic carbocycles. The predicted molar refractivity (Wildman–Crippen MR) is 106 cm³/mol. The Hall–Kier alpha value is -1.59. The monoisotopic (exact) mass is 359 g/mol. The Balaban J connectivity index is 1.69. The van der Waals surface area contributed by atoms with Gasteiger partial charge < -0.3 is 20.7 Å². The number of carbonyl (C=O) groups excluding carboxylic acids is 1. The van der Waals surface area contributed by atoms with Crippen molar-refractivity contribution in [2.24, 2.45) is 11.1 Å². The first kappa shape index (κ1) is 19.2. The van der Waals surface area contributed by atoms with E-state index in [0.717, 1.165) is 18.8 Å². The fourth-order valence-corrected chi connectivity index (χ4v) is 4.17. The average molecular weight is 360 g/mol. The van der Waals surface area contributed by atoms with Gasteiger partial charge in [-0.3, -0.25) is 4.79 Å². The van der Waals surface area contributed by atoms with E-state index in [1.807, 2.05) is 32.9 Å². The molecule has 0 aromatic heterocycles. The van der Waals surface area contributed by atoms with Gasteiger partial charge in [-0.05, 0) is 38.0 Å². The van der Waals surface area contributed by atoms with Crippen LogP contribution in [0.2, 0.25) is 0 Å². The van der Waals surface area contributed by atoms with Crippen LogP contribution >= 0.6 is 0 Å². The maximum Gasteiger partial charge on any atom is 0.245 e. The van der Waals surface area contributed by atoms with Crippen molar-refractivity contribution in [3.8, 4) is 0 Å². The number of amides is 1. The molecule has 26 heavy (non-hydrogen) atoms. The van der Waals surface area contributed by atoms with Crippen molar-refractivity contribution < 1.29 is 9.53 Å². The van der Waals surface area contributed by atoms with Crippen LogP contribution in [-0.2, 0) is 9.53 Å². The highest BCUT2D eigenvalue weighted by atomic mass is 16.5. The van der Waals surface area contributed by atoms with Gasteiger partial charge in [0.1, 0.15) is 5.54 Å². The van der Waals surface area contributed by atoms with Crippen molar-refractivity contribution in [1.82, 2.24) is 0 Å². The van der Waals surface area contributed by atoms with Gasteiger partial charge >= 0.3 is 0 Å². The van der Waals surface area contributed by atoms with E-state index in [1.54, 1.807) is 0 Å². The topological polar surface area (TPSA) is 67.6 Å². The van der Waals surface area contributed by atoms with E-state index < -0.39 is 5.54 Å². The van der Waals surface area contributed by atoms with E-state index in [4.69, 9.17) is 10.5 Å². The number of carbonyl (C=O) groups is 1. The minimum absolute atomic E-state index is 0.0340. The summed E-state index contributed by atoms with van der Waals surface area (Å²) in [6.45, 7) is 8.82. The van der Waals surface area contributed by atoms with Crippen LogP contribution in [0.25, 0.3) is 0 Å². The van der Waals surface area contributed by atoms with Crippen molar-refractivity contribution in [3.05, 3.63) is 24.3 Å². The van der Waals surface area contributed by atoms with Crippen LogP contribution in [0.3, 0.4) is 0 Å². The molecule has 1 saturated heterocycles. The van der Waals surface area contributed by atoms with Crippen molar-refractivity contribution in [2.45, 2.75) is 64.5 Å². The Morgan fingerprint density at radius 1 is 1.27 bits per heavy atom. The molecule has 1 aromatic rings. The highest BCUT2D eigenvalue weighted by Gasteiger charge is 2.62. The summed E-state index contributed by atoms with van der Waals surface area (Å²) in [5.41, 5.74) is 7.21. The lowest BCUT2D eigenvalue weighted by Gasteiger charge is -2.57. The lowest BCUT2D eigenvalue weighted by Crippen LogP contribution is -2.74. The second-order valence-electron chi connectivity index (χ2n) is 8.25. The molecule has 2 atom stereocenters. The van der Waals surface area contributed by atoms with Crippen LogP contribution in [0, 0.1) is 5.41 Å². The molecule has 1 aromatic carbocycles. The van der Waals surface area contributed by atoms with Crippen molar-refractivity contribution in [3.63, 3.8) is 0 Å². The molecule has 2 aliphatic rings. The molecule has 2 fully saturated rings. The Morgan fingerprint density at radius 2 is 1.96 bits per heavy atom. The number of nitrogens with one attached hydrogen (secondary N) is 1. The third-order valence-electron chi connectivity index (χ3n) is 6.31. The number of hydrogen-bond acceptors (Lipinski definition) is 4. The molecule has 1 saturated carbocycles. The summed E-state index contributed by atoms with van der Waals surface area (Å²) in [4.78, 5) is 15.3. The van der Waals surface area contributed by atoms with Gasteiger partial charge in [-0.15, -0.1) is 0 Å².